The minimum Gasteiger partial charge on any atom is -0.346 e. The summed E-state index contributed by atoms with van der Waals surface area (Å²) in [4.78, 5) is 8.15. The van der Waals surface area contributed by atoms with Crippen LogP contribution in [0.2, 0.25) is 0 Å². The van der Waals surface area contributed by atoms with Gasteiger partial charge in [-0.15, -0.1) is 0 Å². The van der Waals surface area contributed by atoms with E-state index in [-0.39, 0.29) is 0 Å². The summed E-state index contributed by atoms with van der Waals surface area (Å²) in [5, 5.41) is 0. The van der Waals surface area contributed by atoms with Gasteiger partial charge >= 0.3 is 0 Å². The van der Waals surface area contributed by atoms with Gasteiger partial charge in [-0.1, -0.05) is 20.8 Å². The van der Waals surface area contributed by atoms with Crippen LogP contribution in [0.1, 0.15) is 44.4 Å². The Morgan fingerprint density at radius 1 is 1.50 bits per heavy atom. The van der Waals surface area contributed by atoms with E-state index in [1.165, 1.54) is 36.5 Å². The van der Waals surface area contributed by atoms with Crippen molar-refractivity contribution in [2.75, 3.05) is 0 Å². The molecule has 0 saturated heterocycles. The van der Waals surface area contributed by atoms with Gasteiger partial charge in [-0.25, -0.2) is 4.98 Å². The normalized spacial score (nSPS) is 21.3. The Labute approximate surface area is 86.1 Å². The Kier molecular flexibility index (Phi) is 2.62. The van der Waals surface area contributed by atoms with Gasteiger partial charge in [0, 0.05) is 12.1 Å². The molecule has 0 aromatic carbocycles. The highest BCUT2D eigenvalue weighted by atomic mass is 14.9. The monoisotopic (exact) mass is 192 g/mol. The molecule has 0 amide bonds. The van der Waals surface area contributed by atoms with Crippen LogP contribution in [0.15, 0.2) is 0 Å². The van der Waals surface area contributed by atoms with Gasteiger partial charge in [0.25, 0.3) is 0 Å². The molecule has 0 aliphatic heterocycles. The van der Waals surface area contributed by atoms with Crippen LogP contribution in [-0.2, 0) is 19.3 Å². The lowest BCUT2D eigenvalue weighted by Crippen LogP contribution is -2.10. The molecule has 1 heterocycles. The van der Waals surface area contributed by atoms with E-state index < -0.39 is 0 Å². The maximum Gasteiger partial charge on any atom is 0.106 e. The number of aromatic nitrogens is 2. The van der Waals surface area contributed by atoms with Gasteiger partial charge in [0.1, 0.15) is 5.82 Å². The minimum atomic E-state index is 0.694. The molecular weight excluding hydrogens is 172 g/mol. The molecule has 0 spiro atoms. The van der Waals surface area contributed by atoms with Gasteiger partial charge in [0.15, 0.2) is 0 Å². The summed E-state index contributed by atoms with van der Waals surface area (Å²) in [5.74, 6) is 2.72. The van der Waals surface area contributed by atoms with Crippen molar-refractivity contribution in [1.82, 2.24) is 9.97 Å². The molecule has 1 atom stereocenters. The fourth-order valence-corrected chi connectivity index (χ4v) is 2.20. The summed E-state index contributed by atoms with van der Waals surface area (Å²) >= 11 is 0. The van der Waals surface area contributed by atoms with Crippen LogP contribution in [0.3, 0.4) is 0 Å². The van der Waals surface area contributed by atoms with Crippen LogP contribution < -0.4 is 0 Å². The van der Waals surface area contributed by atoms with Crippen molar-refractivity contribution < 1.29 is 0 Å². The van der Waals surface area contributed by atoms with E-state index in [1.807, 2.05) is 0 Å². The number of hydrogen-bond acceptors (Lipinski definition) is 1. The van der Waals surface area contributed by atoms with Gasteiger partial charge < -0.3 is 4.98 Å². The van der Waals surface area contributed by atoms with Gasteiger partial charge in [-0.2, -0.15) is 0 Å². The molecule has 14 heavy (non-hydrogen) atoms. The van der Waals surface area contributed by atoms with Crippen LogP contribution in [0.5, 0.6) is 0 Å². The summed E-state index contributed by atoms with van der Waals surface area (Å²) in [7, 11) is 0. The molecule has 1 aliphatic rings. The highest BCUT2D eigenvalue weighted by Gasteiger charge is 2.19. The Balaban J connectivity index is 2.15. The molecule has 0 radical (unpaired) electrons. The predicted molar refractivity (Wildman–Crippen MR) is 58.3 cm³/mol. The van der Waals surface area contributed by atoms with E-state index >= 15 is 0 Å². The molecule has 1 aromatic rings. The SMILES string of the molecule is CC(C)Cc1nc2c([nH]1)CC(C)CC2. The van der Waals surface area contributed by atoms with Gasteiger partial charge in [-0.3, -0.25) is 0 Å². The Bertz CT molecular complexity index is 312. The number of imidazole rings is 1. The quantitative estimate of drug-likeness (QED) is 0.767. The van der Waals surface area contributed by atoms with Gasteiger partial charge in [-0.05, 0) is 31.1 Å². The number of fused-ring (bicyclic) bond motifs is 1. The number of hydrogen-bond donors (Lipinski definition) is 1. The largest absolute Gasteiger partial charge is 0.346 e. The van der Waals surface area contributed by atoms with Crippen LogP contribution in [0.4, 0.5) is 0 Å². The minimum absolute atomic E-state index is 0.694. The summed E-state index contributed by atoms with van der Waals surface area (Å²) in [6.07, 6.45) is 4.76. The number of aryl methyl sites for hydroxylation is 1. The molecule has 1 unspecified atom stereocenters. The summed E-state index contributed by atoms with van der Waals surface area (Å²) < 4.78 is 0. The molecule has 2 rings (SSSR count). The summed E-state index contributed by atoms with van der Waals surface area (Å²) in [6, 6.07) is 0. The summed E-state index contributed by atoms with van der Waals surface area (Å²) in [6.45, 7) is 6.81. The van der Waals surface area contributed by atoms with Gasteiger partial charge in [0.05, 0.1) is 5.69 Å². The lowest BCUT2D eigenvalue weighted by atomic mass is 9.92. The molecule has 1 aromatic heterocycles. The second kappa shape index (κ2) is 3.76. The van der Waals surface area contributed by atoms with Crippen molar-refractivity contribution in [2.45, 2.75) is 46.5 Å². The number of aromatic amines is 1. The van der Waals surface area contributed by atoms with E-state index in [4.69, 9.17) is 0 Å². The first-order chi connectivity index (χ1) is 6.65. The Hall–Kier alpha value is -0.790. The van der Waals surface area contributed by atoms with E-state index in [2.05, 4.69) is 30.7 Å². The van der Waals surface area contributed by atoms with Crippen LogP contribution in [-0.4, -0.2) is 9.97 Å². The average molecular weight is 192 g/mol. The van der Waals surface area contributed by atoms with E-state index in [9.17, 15) is 0 Å². The van der Waals surface area contributed by atoms with Crippen molar-refractivity contribution in [3.8, 4) is 0 Å². The van der Waals surface area contributed by atoms with Crippen molar-refractivity contribution >= 4 is 0 Å². The second-order valence-corrected chi connectivity index (χ2v) is 5.05. The number of rotatable bonds is 2. The molecule has 0 saturated carbocycles. The van der Waals surface area contributed by atoms with E-state index in [1.54, 1.807) is 0 Å². The van der Waals surface area contributed by atoms with Gasteiger partial charge in [0.2, 0.25) is 0 Å². The predicted octanol–water partition coefficient (Wildman–Crippen LogP) is 2.73. The standard InChI is InChI=1S/C12H20N2/c1-8(2)6-12-13-10-5-4-9(3)7-11(10)14-12/h8-9H,4-7H2,1-3H3,(H,13,14). The Morgan fingerprint density at radius 3 is 3.00 bits per heavy atom. The smallest absolute Gasteiger partial charge is 0.106 e. The lowest BCUT2D eigenvalue weighted by molar-refractivity contribution is 0.492. The Morgan fingerprint density at radius 2 is 2.29 bits per heavy atom. The molecule has 2 heteroatoms. The van der Waals surface area contributed by atoms with Crippen LogP contribution in [0.25, 0.3) is 0 Å². The van der Waals surface area contributed by atoms with Crippen molar-refractivity contribution in [1.29, 1.82) is 0 Å². The first kappa shape index (κ1) is 9.75. The molecule has 2 nitrogen and oxygen atoms in total. The molecule has 0 bridgehead atoms. The van der Waals surface area contributed by atoms with Crippen molar-refractivity contribution in [3.05, 3.63) is 17.2 Å². The molecular formula is C12H20N2. The number of nitrogens with one attached hydrogen (secondary N) is 1. The lowest BCUT2D eigenvalue weighted by Gasteiger charge is -2.15. The topological polar surface area (TPSA) is 28.7 Å². The van der Waals surface area contributed by atoms with E-state index in [0.717, 1.165) is 12.3 Å². The highest BCUT2D eigenvalue weighted by molar-refractivity contribution is 5.18. The third kappa shape index (κ3) is 1.99. The fraction of sp³-hybridized carbons (Fsp3) is 0.750. The fourth-order valence-electron chi connectivity index (χ4n) is 2.20. The van der Waals surface area contributed by atoms with Crippen LogP contribution >= 0.6 is 0 Å². The molecule has 1 N–H and O–H groups in total. The zero-order valence-electron chi connectivity index (χ0n) is 9.43. The summed E-state index contributed by atoms with van der Waals surface area (Å²) in [5.41, 5.74) is 2.73. The first-order valence-electron chi connectivity index (χ1n) is 5.71. The molecule has 1 aliphatic carbocycles. The molecule has 0 fully saturated rings. The van der Waals surface area contributed by atoms with Crippen molar-refractivity contribution in [2.24, 2.45) is 11.8 Å². The first-order valence-corrected chi connectivity index (χ1v) is 5.71. The van der Waals surface area contributed by atoms with E-state index in [0.29, 0.717) is 5.92 Å². The third-order valence-electron chi connectivity index (χ3n) is 2.94. The second-order valence-electron chi connectivity index (χ2n) is 5.05. The average Bonchev–Trinajstić information content (AvgIpc) is 2.44. The zero-order valence-corrected chi connectivity index (χ0v) is 9.43. The maximum atomic E-state index is 4.67. The zero-order chi connectivity index (χ0) is 10.1. The van der Waals surface area contributed by atoms with Crippen molar-refractivity contribution in [3.63, 3.8) is 0 Å². The molecule has 78 valence electrons. The maximum absolute atomic E-state index is 4.67. The highest BCUT2D eigenvalue weighted by Crippen LogP contribution is 2.23. The van der Waals surface area contributed by atoms with Crippen LogP contribution in [0, 0.1) is 11.8 Å². The number of nitrogens with zero attached hydrogens (tertiary/aromatic N) is 1. The third-order valence-corrected chi connectivity index (χ3v) is 2.94. The number of H-pyrrole nitrogens is 1.